The topological polar surface area (TPSA) is 160 Å². The zero-order valence-electron chi connectivity index (χ0n) is 31.1. The fraction of sp³-hybridized carbons (Fsp3) is 0.268. The van der Waals surface area contributed by atoms with Crippen LogP contribution in [-0.2, 0) is 36.1 Å². The molecule has 0 unspecified atom stereocenters. The molecule has 1 saturated carbocycles. The number of aromatic nitrogens is 5. The Morgan fingerprint density at radius 1 is 0.914 bits per heavy atom. The number of methoxy groups -OCH3 is 2. The van der Waals surface area contributed by atoms with E-state index in [1.807, 2.05) is 6.07 Å². The fourth-order valence-electron chi connectivity index (χ4n) is 8.89. The molecule has 2 fully saturated rings. The van der Waals surface area contributed by atoms with Crippen molar-refractivity contribution < 1.29 is 28.6 Å². The van der Waals surface area contributed by atoms with Crippen molar-refractivity contribution in [2.24, 2.45) is 7.05 Å². The van der Waals surface area contributed by atoms with Gasteiger partial charge in [0.1, 0.15) is 17.3 Å². The molecular formula is C41H33Cl2FN6O8. The number of amides is 2. The Labute approximate surface area is 337 Å². The lowest BCUT2D eigenvalue weighted by molar-refractivity contribution is -0.122. The number of hydrogen-bond donors (Lipinski definition) is 1. The Hall–Kier alpha value is -6.19. The van der Waals surface area contributed by atoms with Crippen molar-refractivity contribution in [2.45, 2.75) is 47.6 Å². The lowest BCUT2D eigenvalue weighted by Crippen LogP contribution is -2.59. The molecule has 2 amide bonds. The molecular weight excluding hydrogens is 794 g/mol. The van der Waals surface area contributed by atoms with Crippen LogP contribution >= 0.6 is 23.2 Å². The molecule has 9 rings (SSSR count). The largest absolute Gasteiger partial charge is 0.508 e. The van der Waals surface area contributed by atoms with Crippen molar-refractivity contribution in [2.75, 3.05) is 19.1 Å². The van der Waals surface area contributed by atoms with E-state index < -0.39 is 62.7 Å². The number of benzene rings is 4. The third kappa shape index (κ3) is 5.02. The first kappa shape index (κ1) is 37.4. The molecule has 3 aliphatic rings. The van der Waals surface area contributed by atoms with E-state index in [1.165, 1.54) is 46.3 Å². The summed E-state index contributed by atoms with van der Waals surface area (Å²) in [5, 5.41) is 12.8. The maximum atomic E-state index is 14.8. The molecule has 0 radical (unpaired) electrons. The Bertz CT molecular complexity index is 2990. The van der Waals surface area contributed by atoms with Crippen molar-refractivity contribution >= 4 is 62.5 Å². The first-order chi connectivity index (χ1) is 27.7. The minimum atomic E-state index is -2.27. The smallest absolute Gasteiger partial charge is 0.347 e. The number of nitrogens with zero attached hydrogens (tertiary/aromatic N) is 6. The van der Waals surface area contributed by atoms with Gasteiger partial charge in [0.15, 0.2) is 21.2 Å². The first-order valence-corrected chi connectivity index (χ1v) is 19.0. The number of carbonyl (C=O) groups excluding carboxylic acids is 2. The molecule has 58 heavy (non-hydrogen) atoms. The molecule has 1 N–H and O–H groups in total. The number of allylic oxidation sites excluding steroid dienone is 2. The number of ether oxygens (including phenoxy) is 2. The van der Waals surface area contributed by atoms with Gasteiger partial charge >= 0.3 is 11.4 Å². The second kappa shape index (κ2) is 13.2. The number of aromatic hydroxyl groups is 1. The van der Waals surface area contributed by atoms with Gasteiger partial charge in [0.05, 0.1) is 43.5 Å². The quantitative estimate of drug-likeness (QED) is 0.139. The monoisotopic (exact) mass is 826 g/mol. The number of imide groups is 1. The van der Waals surface area contributed by atoms with Gasteiger partial charge in [-0.2, -0.15) is 0 Å². The van der Waals surface area contributed by atoms with Gasteiger partial charge < -0.3 is 19.1 Å². The standard InChI is InChI=1S/C41H33Cl2FN6O8/c1-46-28-19-32(58-3)31(57-2)18-27(28)45-26(35(46)52)15-16-47-38(55)48-17-14-25-29(50(48)39(47)56)20-40(42)36(53)49(23-11-9-22(44)10-12-23)37(54)41(40,43)34(25)33-24-7-5-4-6-21(24)8-13-30(33)51/h4-14,18-19,29,34,51H,15-17,20H2,1-3H3/t29-,34-,40-,41+/m1/s1. The van der Waals surface area contributed by atoms with Gasteiger partial charge in [-0.15, -0.1) is 23.2 Å². The van der Waals surface area contributed by atoms with Crippen LogP contribution in [0.5, 0.6) is 17.2 Å². The summed E-state index contributed by atoms with van der Waals surface area (Å²) in [5.74, 6) is -3.15. The minimum Gasteiger partial charge on any atom is -0.508 e. The first-order valence-electron chi connectivity index (χ1n) is 18.2. The van der Waals surface area contributed by atoms with Crippen molar-refractivity contribution in [1.29, 1.82) is 0 Å². The third-order valence-corrected chi connectivity index (χ3v) is 13.1. The zero-order valence-corrected chi connectivity index (χ0v) is 32.6. The second-order valence-electron chi connectivity index (χ2n) is 14.5. The maximum Gasteiger partial charge on any atom is 0.347 e. The normalized spacial score (nSPS) is 22.5. The van der Waals surface area contributed by atoms with E-state index in [4.69, 9.17) is 32.7 Å². The third-order valence-electron chi connectivity index (χ3n) is 11.7. The summed E-state index contributed by atoms with van der Waals surface area (Å²) in [7, 11) is 4.52. The van der Waals surface area contributed by atoms with Crippen LogP contribution in [0.2, 0.25) is 0 Å². The van der Waals surface area contributed by atoms with E-state index in [9.17, 15) is 33.5 Å². The van der Waals surface area contributed by atoms with Crippen LogP contribution in [0.4, 0.5) is 10.1 Å². The average Bonchev–Trinajstić information content (AvgIpc) is 3.55. The highest BCUT2D eigenvalue weighted by Gasteiger charge is 2.76. The number of fused-ring (bicyclic) bond motifs is 6. The van der Waals surface area contributed by atoms with Crippen molar-refractivity contribution in [3.8, 4) is 17.2 Å². The molecule has 1 aliphatic carbocycles. The van der Waals surface area contributed by atoms with Crippen LogP contribution in [-0.4, -0.2) is 64.4 Å². The molecule has 4 atom stereocenters. The number of carbonyl (C=O) groups is 2. The Morgan fingerprint density at radius 3 is 2.34 bits per heavy atom. The SMILES string of the molecule is COc1cc2nc(CCn3c(=O)n4n(c3=O)[C@@H]3C[C@@]5(Cl)C(=O)N(c6ccc(F)cc6)C(=O)[C@@]5(Cl)[C@@H](c5c(O)ccc6ccccc56)C3=CC4)c(=O)n(C)c2cc1OC. The van der Waals surface area contributed by atoms with E-state index in [0.29, 0.717) is 38.9 Å². The molecule has 1 saturated heterocycles. The van der Waals surface area contributed by atoms with Crippen LogP contribution in [0.25, 0.3) is 21.8 Å². The summed E-state index contributed by atoms with van der Waals surface area (Å²) in [6, 6.07) is 17.1. The Kier molecular flexibility index (Phi) is 8.49. The lowest BCUT2D eigenvalue weighted by Gasteiger charge is -2.49. The second-order valence-corrected chi connectivity index (χ2v) is 15.8. The molecule has 17 heteroatoms. The van der Waals surface area contributed by atoms with Crippen molar-refractivity contribution in [3.63, 3.8) is 0 Å². The number of alkyl halides is 2. The Morgan fingerprint density at radius 2 is 1.62 bits per heavy atom. The number of rotatable bonds is 7. The molecule has 2 aromatic heterocycles. The van der Waals surface area contributed by atoms with Gasteiger partial charge in [0, 0.05) is 50.0 Å². The number of phenols is 1. The van der Waals surface area contributed by atoms with Gasteiger partial charge in [-0.25, -0.2) is 37.8 Å². The van der Waals surface area contributed by atoms with Gasteiger partial charge in [-0.05, 0) is 46.7 Å². The van der Waals surface area contributed by atoms with E-state index in [2.05, 4.69) is 4.98 Å². The van der Waals surface area contributed by atoms with Gasteiger partial charge in [0.25, 0.3) is 17.4 Å². The molecule has 0 bridgehead atoms. The molecule has 4 aromatic carbocycles. The van der Waals surface area contributed by atoms with E-state index in [0.717, 1.165) is 21.6 Å². The van der Waals surface area contributed by atoms with E-state index in [-0.39, 0.29) is 42.2 Å². The van der Waals surface area contributed by atoms with E-state index in [1.54, 1.807) is 49.5 Å². The van der Waals surface area contributed by atoms with E-state index >= 15 is 0 Å². The summed E-state index contributed by atoms with van der Waals surface area (Å²) < 4.78 is 29.6. The molecule has 6 aromatic rings. The molecule has 4 heterocycles. The van der Waals surface area contributed by atoms with Crippen LogP contribution in [0, 0.1) is 5.82 Å². The summed E-state index contributed by atoms with van der Waals surface area (Å²) in [4.78, 5) is 72.3. The van der Waals surface area contributed by atoms with Crippen LogP contribution in [0.3, 0.4) is 0 Å². The van der Waals surface area contributed by atoms with Crippen LogP contribution in [0.15, 0.2) is 98.8 Å². The summed E-state index contributed by atoms with van der Waals surface area (Å²) in [5.41, 5.74) is -0.292. The molecule has 296 valence electrons. The van der Waals surface area contributed by atoms with Crippen molar-refractivity contribution in [1.82, 2.24) is 23.5 Å². The number of phenolic OH excluding ortho intramolecular Hbond substituents is 1. The number of anilines is 1. The molecule has 2 aliphatic heterocycles. The molecule has 14 nitrogen and oxygen atoms in total. The number of hydrogen-bond acceptors (Lipinski definition) is 9. The minimum absolute atomic E-state index is 0.0231. The fourth-order valence-corrected chi connectivity index (χ4v) is 9.79. The lowest BCUT2D eigenvalue weighted by atomic mass is 9.63. The van der Waals surface area contributed by atoms with Crippen molar-refractivity contribution in [3.05, 3.63) is 133 Å². The summed E-state index contributed by atoms with van der Waals surface area (Å²) in [6.07, 6.45) is 1.16. The zero-order chi connectivity index (χ0) is 41.0. The maximum absolute atomic E-state index is 14.8. The number of halogens is 3. The summed E-state index contributed by atoms with van der Waals surface area (Å²) >= 11 is 15.0. The highest BCUT2D eigenvalue weighted by atomic mass is 35.5. The highest BCUT2D eigenvalue weighted by molar-refractivity contribution is 6.58. The average molecular weight is 828 g/mol. The highest BCUT2D eigenvalue weighted by Crippen LogP contribution is 2.65. The van der Waals surface area contributed by atoms with Crippen LogP contribution < -0.4 is 31.3 Å². The van der Waals surface area contributed by atoms with Gasteiger partial charge in [0.2, 0.25) is 0 Å². The molecule has 0 spiro atoms. The predicted octanol–water partition coefficient (Wildman–Crippen LogP) is 4.51. The Balaban J connectivity index is 1.18. The van der Waals surface area contributed by atoms with Gasteiger partial charge in [-0.3, -0.25) is 14.4 Å². The van der Waals surface area contributed by atoms with Crippen LogP contribution in [0.1, 0.15) is 29.6 Å². The van der Waals surface area contributed by atoms with Gasteiger partial charge in [-0.1, -0.05) is 36.4 Å². The number of aryl methyl sites for hydroxylation is 2. The predicted molar refractivity (Wildman–Crippen MR) is 213 cm³/mol. The summed E-state index contributed by atoms with van der Waals surface area (Å²) in [6.45, 7) is -0.374.